The molecule has 1 heterocycles. The van der Waals surface area contributed by atoms with Crippen LogP contribution in [-0.4, -0.2) is 16.2 Å². The summed E-state index contributed by atoms with van der Waals surface area (Å²) < 4.78 is 0. The Kier molecular flexibility index (Phi) is 3.81. The normalized spacial score (nSPS) is 12.4. The van der Waals surface area contributed by atoms with E-state index < -0.39 is 0 Å². The van der Waals surface area contributed by atoms with Gasteiger partial charge in [-0.15, -0.1) is 0 Å². The Balaban J connectivity index is 1.82. The zero-order valence-corrected chi connectivity index (χ0v) is 10.4. The fourth-order valence-corrected chi connectivity index (χ4v) is 1.94. The van der Waals surface area contributed by atoms with Crippen LogP contribution in [0, 0.1) is 6.92 Å². The summed E-state index contributed by atoms with van der Waals surface area (Å²) in [6.45, 7) is 4.33. The molecule has 0 amide bonds. The molecule has 0 aliphatic heterocycles. The molecule has 0 spiro atoms. The van der Waals surface area contributed by atoms with Crippen molar-refractivity contribution in [2.75, 3.05) is 5.32 Å². The first-order valence-electron chi connectivity index (χ1n) is 6.05. The molecule has 2 N–H and O–H groups in total. The van der Waals surface area contributed by atoms with Crippen LogP contribution in [0.15, 0.2) is 36.7 Å². The minimum Gasteiger partial charge on any atom is -0.380 e. The Morgan fingerprint density at radius 1 is 1.41 bits per heavy atom. The molecular formula is C14H19N3. The van der Waals surface area contributed by atoms with Gasteiger partial charge in [0.2, 0.25) is 0 Å². The van der Waals surface area contributed by atoms with E-state index in [-0.39, 0.29) is 0 Å². The number of hydrogen-bond acceptors (Lipinski definition) is 2. The maximum Gasteiger partial charge on any atom is 0.0725 e. The van der Waals surface area contributed by atoms with Crippen LogP contribution in [0.3, 0.4) is 0 Å². The molecule has 0 saturated carbocycles. The first-order valence-corrected chi connectivity index (χ1v) is 6.05. The Morgan fingerprint density at radius 2 is 2.29 bits per heavy atom. The zero-order valence-electron chi connectivity index (χ0n) is 10.4. The molecule has 0 bridgehead atoms. The van der Waals surface area contributed by atoms with Gasteiger partial charge in [0.1, 0.15) is 0 Å². The summed E-state index contributed by atoms with van der Waals surface area (Å²) in [6, 6.07) is 9.16. The van der Waals surface area contributed by atoms with Crippen molar-refractivity contribution in [3.8, 4) is 0 Å². The van der Waals surface area contributed by atoms with Crippen molar-refractivity contribution in [2.24, 2.45) is 0 Å². The van der Waals surface area contributed by atoms with Crippen molar-refractivity contribution >= 4 is 5.69 Å². The van der Waals surface area contributed by atoms with E-state index in [1.165, 1.54) is 11.1 Å². The number of H-pyrrole nitrogens is 1. The van der Waals surface area contributed by atoms with E-state index in [1.807, 2.05) is 12.4 Å². The number of rotatable bonds is 5. The van der Waals surface area contributed by atoms with Crippen molar-refractivity contribution in [2.45, 2.75) is 32.7 Å². The van der Waals surface area contributed by atoms with Gasteiger partial charge < -0.3 is 5.32 Å². The van der Waals surface area contributed by atoms with Gasteiger partial charge in [-0.2, -0.15) is 5.10 Å². The standard InChI is InChI=1S/C14H19N3/c1-11-4-3-5-13(8-11)7-6-12(2)17-14-9-15-16-10-14/h3-5,8-10,12,17H,6-7H2,1-2H3,(H,15,16). The largest absolute Gasteiger partial charge is 0.380 e. The van der Waals surface area contributed by atoms with Crippen molar-refractivity contribution in [1.29, 1.82) is 0 Å². The van der Waals surface area contributed by atoms with Crippen LogP contribution in [-0.2, 0) is 6.42 Å². The number of anilines is 1. The number of nitrogens with zero attached hydrogens (tertiary/aromatic N) is 1. The van der Waals surface area contributed by atoms with Gasteiger partial charge in [-0.1, -0.05) is 29.8 Å². The summed E-state index contributed by atoms with van der Waals surface area (Å²) in [5.74, 6) is 0. The lowest BCUT2D eigenvalue weighted by Crippen LogP contribution is -2.15. The summed E-state index contributed by atoms with van der Waals surface area (Å²) in [7, 11) is 0. The average molecular weight is 229 g/mol. The molecule has 0 fully saturated rings. The topological polar surface area (TPSA) is 40.7 Å². The number of hydrogen-bond donors (Lipinski definition) is 2. The molecule has 1 atom stereocenters. The van der Waals surface area contributed by atoms with Crippen LogP contribution in [0.2, 0.25) is 0 Å². The number of aromatic nitrogens is 2. The molecule has 90 valence electrons. The zero-order chi connectivity index (χ0) is 12.1. The van der Waals surface area contributed by atoms with Crippen molar-refractivity contribution in [3.63, 3.8) is 0 Å². The van der Waals surface area contributed by atoms with Crippen molar-refractivity contribution in [3.05, 3.63) is 47.8 Å². The van der Waals surface area contributed by atoms with Gasteiger partial charge in [-0.05, 0) is 32.3 Å². The number of nitrogens with one attached hydrogen (secondary N) is 2. The second-order valence-electron chi connectivity index (χ2n) is 4.56. The van der Waals surface area contributed by atoms with E-state index in [0.717, 1.165) is 18.5 Å². The highest BCUT2D eigenvalue weighted by molar-refractivity contribution is 5.38. The smallest absolute Gasteiger partial charge is 0.0725 e. The fraction of sp³-hybridized carbons (Fsp3) is 0.357. The van der Waals surface area contributed by atoms with Crippen LogP contribution in [0.4, 0.5) is 5.69 Å². The van der Waals surface area contributed by atoms with Gasteiger partial charge >= 0.3 is 0 Å². The lowest BCUT2D eigenvalue weighted by molar-refractivity contribution is 0.706. The van der Waals surface area contributed by atoms with E-state index in [1.54, 1.807) is 0 Å². The predicted molar refractivity (Wildman–Crippen MR) is 71.2 cm³/mol. The maximum atomic E-state index is 3.92. The van der Waals surface area contributed by atoms with E-state index in [2.05, 4.69) is 53.6 Å². The Bertz CT molecular complexity index is 448. The second-order valence-corrected chi connectivity index (χ2v) is 4.56. The summed E-state index contributed by atoms with van der Waals surface area (Å²) in [5.41, 5.74) is 3.80. The van der Waals surface area contributed by atoms with E-state index in [4.69, 9.17) is 0 Å². The second kappa shape index (κ2) is 5.53. The number of aryl methyl sites for hydroxylation is 2. The SMILES string of the molecule is Cc1cccc(CCC(C)Nc2cn[nH]c2)c1. The van der Waals surface area contributed by atoms with Gasteiger partial charge in [0, 0.05) is 12.2 Å². The Hall–Kier alpha value is -1.77. The molecule has 0 aliphatic carbocycles. The van der Waals surface area contributed by atoms with E-state index in [9.17, 15) is 0 Å². The highest BCUT2D eigenvalue weighted by atomic mass is 15.1. The van der Waals surface area contributed by atoms with Gasteiger partial charge in [-0.25, -0.2) is 0 Å². The maximum absolute atomic E-state index is 3.92. The van der Waals surface area contributed by atoms with Crippen LogP contribution in [0.5, 0.6) is 0 Å². The van der Waals surface area contributed by atoms with E-state index in [0.29, 0.717) is 6.04 Å². The van der Waals surface area contributed by atoms with Crippen molar-refractivity contribution in [1.82, 2.24) is 10.2 Å². The van der Waals surface area contributed by atoms with Gasteiger partial charge in [-0.3, -0.25) is 5.10 Å². The molecule has 1 aromatic heterocycles. The van der Waals surface area contributed by atoms with E-state index >= 15 is 0 Å². The molecular weight excluding hydrogens is 210 g/mol. The molecule has 0 saturated heterocycles. The molecule has 17 heavy (non-hydrogen) atoms. The minimum absolute atomic E-state index is 0.452. The van der Waals surface area contributed by atoms with Crippen molar-refractivity contribution < 1.29 is 0 Å². The molecule has 0 aliphatic rings. The third kappa shape index (κ3) is 3.63. The molecule has 3 nitrogen and oxygen atoms in total. The monoisotopic (exact) mass is 229 g/mol. The molecule has 2 aromatic rings. The summed E-state index contributed by atoms with van der Waals surface area (Å²) >= 11 is 0. The Labute approximate surface area is 102 Å². The molecule has 1 aromatic carbocycles. The highest BCUT2D eigenvalue weighted by Crippen LogP contribution is 2.11. The molecule has 0 radical (unpaired) electrons. The predicted octanol–water partition coefficient (Wildman–Crippen LogP) is 3.15. The summed E-state index contributed by atoms with van der Waals surface area (Å²) in [4.78, 5) is 0. The Morgan fingerprint density at radius 3 is 3.00 bits per heavy atom. The third-order valence-corrected chi connectivity index (χ3v) is 2.86. The lowest BCUT2D eigenvalue weighted by Gasteiger charge is -2.13. The van der Waals surface area contributed by atoms with Crippen LogP contribution >= 0.6 is 0 Å². The van der Waals surface area contributed by atoms with Gasteiger partial charge in [0.05, 0.1) is 11.9 Å². The van der Waals surface area contributed by atoms with Gasteiger partial charge in [0.15, 0.2) is 0 Å². The molecule has 1 unspecified atom stereocenters. The molecule has 3 heteroatoms. The highest BCUT2D eigenvalue weighted by Gasteiger charge is 2.03. The number of benzene rings is 1. The van der Waals surface area contributed by atoms with Gasteiger partial charge in [0.25, 0.3) is 0 Å². The summed E-state index contributed by atoms with van der Waals surface area (Å²) in [6.07, 6.45) is 5.91. The molecule has 2 rings (SSSR count). The van der Waals surface area contributed by atoms with Crippen LogP contribution < -0.4 is 5.32 Å². The summed E-state index contributed by atoms with van der Waals surface area (Å²) in [5, 5.41) is 10.1. The third-order valence-electron chi connectivity index (χ3n) is 2.86. The first-order chi connectivity index (χ1) is 8.24. The van der Waals surface area contributed by atoms with Crippen LogP contribution in [0.25, 0.3) is 0 Å². The van der Waals surface area contributed by atoms with Crippen LogP contribution in [0.1, 0.15) is 24.5 Å². The minimum atomic E-state index is 0.452. The average Bonchev–Trinajstić information content (AvgIpc) is 2.79. The fourth-order valence-electron chi connectivity index (χ4n) is 1.94. The quantitative estimate of drug-likeness (QED) is 0.827. The lowest BCUT2D eigenvalue weighted by atomic mass is 10.0. The number of aromatic amines is 1. The first kappa shape index (κ1) is 11.7.